The van der Waals surface area contributed by atoms with Crippen LogP contribution in [0.3, 0.4) is 0 Å². The molecule has 1 aliphatic rings. The number of nitrogens with one attached hydrogen (secondary N) is 1. The van der Waals surface area contributed by atoms with E-state index in [1.54, 1.807) is 0 Å². The van der Waals surface area contributed by atoms with Crippen LogP contribution >= 0.6 is 0 Å². The molecule has 1 unspecified atom stereocenters. The molecule has 0 aliphatic carbocycles. The van der Waals surface area contributed by atoms with Crippen molar-refractivity contribution in [3.8, 4) is 0 Å². The average molecular weight is 263 g/mol. The molecule has 0 aromatic heterocycles. The van der Waals surface area contributed by atoms with E-state index in [4.69, 9.17) is 4.74 Å². The molecule has 1 atom stereocenters. The van der Waals surface area contributed by atoms with Gasteiger partial charge in [-0.2, -0.15) is 0 Å². The molecule has 5 nitrogen and oxygen atoms in total. The second-order valence-corrected chi connectivity index (χ2v) is 7.15. The molecule has 0 aromatic carbocycles. The average Bonchev–Trinajstić information content (AvgIpc) is 2.52. The molecule has 0 aromatic rings. The van der Waals surface area contributed by atoms with Gasteiger partial charge >= 0.3 is 6.09 Å². The third-order valence-corrected chi connectivity index (χ3v) is 4.48. The molecule has 1 amide bonds. The molecule has 1 N–H and O–H groups in total. The van der Waals surface area contributed by atoms with E-state index in [1.807, 2.05) is 0 Å². The summed E-state index contributed by atoms with van der Waals surface area (Å²) in [5, 5.41) is 2.58. The van der Waals surface area contributed by atoms with Crippen LogP contribution in [0.2, 0.25) is 0 Å². The minimum atomic E-state index is -2.95. The Balaban J connectivity index is 2.14. The number of alkyl carbamates (subject to hydrolysis) is 1. The maximum absolute atomic E-state index is 11.3. The zero-order valence-corrected chi connectivity index (χ0v) is 11.3. The first kappa shape index (κ1) is 14.3. The van der Waals surface area contributed by atoms with Crippen molar-refractivity contribution in [1.82, 2.24) is 5.32 Å². The third-order valence-electron chi connectivity index (χ3n) is 2.71. The van der Waals surface area contributed by atoms with Crippen LogP contribution in [0.15, 0.2) is 0 Å². The fourth-order valence-electron chi connectivity index (χ4n) is 1.77. The van der Waals surface area contributed by atoms with E-state index in [2.05, 4.69) is 19.2 Å². The molecule has 1 saturated heterocycles. The monoisotopic (exact) mass is 263 g/mol. The van der Waals surface area contributed by atoms with Crippen molar-refractivity contribution in [2.24, 2.45) is 5.92 Å². The standard InChI is InChI=1S/C11H21NO4S/c1-9(2)4-3-6-16-11(13)12-10-5-7-17(14,15)8-10/h9-10H,3-8H2,1-2H3,(H,12,13). The highest BCUT2D eigenvalue weighted by atomic mass is 32.2. The molecule has 1 fully saturated rings. The number of carbonyl (C=O) groups is 1. The molecule has 1 heterocycles. The Bertz CT molecular complexity index is 350. The van der Waals surface area contributed by atoms with Crippen molar-refractivity contribution < 1.29 is 17.9 Å². The summed E-state index contributed by atoms with van der Waals surface area (Å²) in [7, 11) is -2.95. The van der Waals surface area contributed by atoms with Crippen LogP contribution in [-0.2, 0) is 14.6 Å². The molecule has 0 bridgehead atoms. The lowest BCUT2D eigenvalue weighted by molar-refractivity contribution is 0.140. The van der Waals surface area contributed by atoms with Gasteiger partial charge in [0.15, 0.2) is 9.84 Å². The summed E-state index contributed by atoms with van der Waals surface area (Å²) in [6.45, 7) is 4.62. The van der Waals surface area contributed by atoms with Gasteiger partial charge in [0.1, 0.15) is 0 Å². The van der Waals surface area contributed by atoms with Gasteiger partial charge < -0.3 is 10.1 Å². The molecule has 0 radical (unpaired) electrons. The van der Waals surface area contributed by atoms with Crippen LogP contribution < -0.4 is 5.32 Å². The Kier molecular flexibility index (Phi) is 5.24. The third kappa shape index (κ3) is 5.91. The summed E-state index contributed by atoms with van der Waals surface area (Å²) < 4.78 is 27.3. The van der Waals surface area contributed by atoms with Crippen molar-refractivity contribution in [2.45, 2.75) is 39.2 Å². The molecule has 1 rings (SSSR count). The number of hydrogen-bond acceptors (Lipinski definition) is 4. The molecule has 0 saturated carbocycles. The van der Waals surface area contributed by atoms with E-state index in [1.165, 1.54) is 0 Å². The lowest BCUT2D eigenvalue weighted by atomic mass is 10.1. The number of sulfone groups is 1. The van der Waals surface area contributed by atoms with E-state index in [0.29, 0.717) is 18.9 Å². The smallest absolute Gasteiger partial charge is 0.407 e. The highest BCUT2D eigenvalue weighted by molar-refractivity contribution is 7.91. The van der Waals surface area contributed by atoms with Gasteiger partial charge in [-0.05, 0) is 25.2 Å². The number of rotatable bonds is 5. The maximum Gasteiger partial charge on any atom is 0.407 e. The second-order valence-electron chi connectivity index (χ2n) is 4.92. The minimum absolute atomic E-state index is 0.0358. The summed E-state index contributed by atoms with van der Waals surface area (Å²) in [4.78, 5) is 11.3. The van der Waals surface area contributed by atoms with E-state index in [-0.39, 0.29) is 17.5 Å². The van der Waals surface area contributed by atoms with Gasteiger partial charge in [0.05, 0.1) is 18.1 Å². The van der Waals surface area contributed by atoms with Crippen LogP contribution in [-0.4, -0.2) is 38.7 Å². The second kappa shape index (κ2) is 6.23. The van der Waals surface area contributed by atoms with E-state index in [9.17, 15) is 13.2 Å². The summed E-state index contributed by atoms with van der Waals surface area (Å²) in [5.41, 5.74) is 0. The highest BCUT2D eigenvalue weighted by Gasteiger charge is 2.29. The fourth-order valence-corrected chi connectivity index (χ4v) is 3.45. The van der Waals surface area contributed by atoms with E-state index >= 15 is 0 Å². The van der Waals surface area contributed by atoms with Crippen LogP contribution in [0, 0.1) is 5.92 Å². The molecular formula is C11H21NO4S. The van der Waals surface area contributed by atoms with Crippen molar-refractivity contribution in [3.63, 3.8) is 0 Å². The molecule has 17 heavy (non-hydrogen) atoms. The van der Waals surface area contributed by atoms with Gasteiger partial charge in [0.25, 0.3) is 0 Å². The topological polar surface area (TPSA) is 72.5 Å². The summed E-state index contributed by atoms with van der Waals surface area (Å²) in [6.07, 6.45) is 1.85. The molecule has 1 aliphatic heterocycles. The first-order valence-electron chi connectivity index (χ1n) is 6.03. The van der Waals surface area contributed by atoms with Gasteiger partial charge in [0.2, 0.25) is 0 Å². The van der Waals surface area contributed by atoms with Crippen LogP contribution in [0.25, 0.3) is 0 Å². The normalized spacial score (nSPS) is 22.6. The van der Waals surface area contributed by atoms with Gasteiger partial charge in [0, 0.05) is 6.04 Å². The van der Waals surface area contributed by atoms with Crippen molar-refractivity contribution in [3.05, 3.63) is 0 Å². The number of ether oxygens (including phenoxy) is 1. The van der Waals surface area contributed by atoms with Gasteiger partial charge in [-0.15, -0.1) is 0 Å². The summed E-state index contributed by atoms with van der Waals surface area (Å²) in [6, 6.07) is -0.280. The molecule has 0 spiro atoms. The maximum atomic E-state index is 11.3. The van der Waals surface area contributed by atoms with Crippen molar-refractivity contribution >= 4 is 15.9 Å². The zero-order valence-electron chi connectivity index (χ0n) is 10.4. The van der Waals surface area contributed by atoms with E-state index < -0.39 is 15.9 Å². The Morgan fingerprint density at radius 1 is 1.47 bits per heavy atom. The molecular weight excluding hydrogens is 242 g/mol. The first-order chi connectivity index (χ1) is 7.89. The highest BCUT2D eigenvalue weighted by Crippen LogP contribution is 2.11. The van der Waals surface area contributed by atoms with Crippen LogP contribution in [0.5, 0.6) is 0 Å². The Morgan fingerprint density at radius 3 is 2.71 bits per heavy atom. The molecule has 100 valence electrons. The first-order valence-corrected chi connectivity index (χ1v) is 7.85. The minimum Gasteiger partial charge on any atom is -0.450 e. The fraction of sp³-hybridized carbons (Fsp3) is 0.909. The van der Waals surface area contributed by atoms with Gasteiger partial charge in [-0.1, -0.05) is 13.8 Å². The Labute approximate surface area is 103 Å². The molecule has 6 heteroatoms. The number of carbonyl (C=O) groups excluding carboxylic acids is 1. The van der Waals surface area contributed by atoms with Gasteiger partial charge in [-0.25, -0.2) is 13.2 Å². The largest absolute Gasteiger partial charge is 0.450 e. The van der Waals surface area contributed by atoms with Crippen LogP contribution in [0.4, 0.5) is 4.79 Å². The predicted molar refractivity (Wildman–Crippen MR) is 65.6 cm³/mol. The number of amides is 1. The van der Waals surface area contributed by atoms with Crippen molar-refractivity contribution in [1.29, 1.82) is 0 Å². The van der Waals surface area contributed by atoms with E-state index in [0.717, 1.165) is 12.8 Å². The zero-order chi connectivity index (χ0) is 12.9. The SMILES string of the molecule is CC(C)CCCOC(=O)NC1CCS(=O)(=O)C1. The van der Waals surface area contributed by atoms with Crippen molar-refractivity contribution in [2.75, 3.05) is 18.1 Å². The lowest BCUT2D eigenvalue weighted by Gasteiger charge is -2.11. The lowest BCUT2D eigenvalue weighted by Crippen LogP contribution is -2.36. The summed E-state index contributed by atoms with van der Waals surface area (Å²) >= 11 is 0. The Hall–Kier alpha value is -0.780. The predicted octanol–water partition coefficient (Wildman–Crippen LogP) is 1.34. The Morgan fingerprint density at radius 2 is 2.18 bits per heavy atom. The van der Waals surface area contributed by atoms with Crippen LogP contribution in [0.1, 0.15) is 33.1 Å². The van der Waals surface area contributed by atoms with Gasteiger partial charge in [-0.3, -0.25) is 0 Å². The quantitative estimate of drug-likeness (QED) is 0.760. The number of hydrogen-bond donors (Lipinski definition) is 1. The summed E-state index contributed by atoms with van der Waals surface area (Å²) in [5.74, 6) is 0.793.